The monoisotopic (exact) mass is 432 g/mol. The van der Waals surface area contributed by atoms with Gasteiger partial charge in [-0.2, -0.15) is 0 Å². The van der Waals surface area contributed by atoms with E-state index >= 15 is 0 Å². The molecule has 2 amide bonds. The molecule has 0 saturated carbocycles. The predicted octanol–water partition coefficient (Wildman–Crippen LogP) is 5.67. The summed E-state index contributed by atoms with van der Waals surface area (Å²) in [4.78, 5) is 28.8. The number of anilines is 2. The van der Waals surface area contributed by atoms with Gasteiger partial charge in [0.15, 0.2) is 0 Å². The molecule has 158 valence electrons. The smallest absolute Gasteiger partial charge is 0.282 e. The van der Waals surface area contributed by atoms with E-state index in [2.05, 4.69) is 19.2 Å². The maximum Gasteiger partial charge on any atom is 0.282 e. The van der Waals surface area contributed by atoms with E-state index in [0.717, 1.165) is 16.2 Å². The largest absolute Gasteiger partial charge is 0.494 e. The molecule has 3 aromatic rings. The Labute approximate surface area is 186 Å². The van der Waals surface area contributed by atoms with Crippen LogP contribution in [0, 0.1) is 0 Å². The molecule has 0 unspecified atom stereocenters. The molecule has 6 heteroatoms. The fraction of sp³-hybridized carbons (Fsp3) is 0.200. The normalized spacial score (nSPS) is 14.0. The number of imide groups is 1. The first-order valence-corrected chi connectivity index (χ1v) is 11.1. The van der Waals surface area contributed by atoms with Crippen molar-refractivity contribution in [1.29, 1.82) is 0 Å². The molecule has 0 fully saturated rings. The second-order valence-corrected chi connectivity index (χ2v) is 8.45. The summed E-state index contributed by atoms with van der Waals surface area (Å²) in [7, 11) is 0. The van der Waals surface area contributed by atoms with Gasteiger partial charge in [0.05, 0.1) is 17.9 Å². The van der Waals surface area contributed by atoms with Crippen molar-refractivity contribution < 1.29 is 14.3 Å². The molecule has 0 aliphatic carbocycles. The van der Waals surface area contributed by atoms with Gasteiger partial charge in [0.2, 0.25) is 0 Å². The highest BCUT2D eigenvalue weighted by molar-refractivity contribution is 7.11. The third kappa shape index (κ3) is 4.11. The number of hydrogen-bond acceptors (Lipinski definition) is 5. The van der Waals surface area contributed by atoms with E-state index < -0.39 is 0 Å². The summed E-state index contributed by atoms with van der Waals surface area (Å²) in [5.41, 5.74) is 3.11. The first kappa shape index (κ1) is 20.9. The van der Waals surface area contributed by atoms with Crippen LogP contribution in [0.5, 0.6) is 5.75 Å². The van der Waals surface area contributed by atoms with Gasteiger partial charge in [0.25, 0.3) is 11.8 Å². The van der Waals surface area contributed by atoms with Crippen molar-refractivity contribution in [2.75, 3.05) is 16.8 Å². The van der Waals surface area contributed by atoms with E-state index in [-0.39, 0.29) is 17.5 Å². The van der Waals surface area contributed by atoms with Gasteiger partial charge < -0.3 is 10.1 Å². The number of rotatable bonds is 7. The molecule has 1 aliphatic rings. The molecule has 0 atom stereocenters. The summed E-state index contributed by atoms with van der Waals surface area (Å²) >= 11 is 1.44. The lowest BCUT2D eigenvalue weighted by atomic mass is 10.0. The summed E-state index contributed by atoms with van der Waals surface area (Å²) in [5, 5.41) is 5.07. The zero-order valence-corrected chi connectivity index (χ0v) is 18.5. The minimum Gasteiger partial charge on any atom is -0.494 e. The first-order chi connectivity index (χ1) is 15.0. The van der Waals surface area contributed by atoms with Crippen LogP contribution in [-0.4, -0.2) is 18.4 Å². The van der Waals surface area contributed by atoms with Gasteiger partial charge >= 0.3 is 0 Å². The molecule has 1 N–H and O–H groups in total. The molecule has 0 spiro atoms. The van der Waals surface area contributed by atoms with Crippen LogP contribution in [0.25, 0.3) is 5.57 Å². The Balaban J connectivity index is 1.69. The Morgan fingerprint density at radius 3 is 2.26 bits per heavy atom. The van der Waals surface area contributed by atoms with Crippen LogP contribution >= 0.6 is 11.3 Å². The molecule has 4 rings (SSSR count). The lowest BCUT2D eigenvalue weighted by molar-refractivity contribution is -0.120. The van der Waals surface area contributed by atoms with Crippen LogP contribution in [0.15, 0.2) is 71.7 Å². The predicted molar refractivity (Wildman–Crippen MR) is 125 cm³/mol. The average molecular weight is 433 g/mol. The lowest BCUT2D eigenvalue weighted by Crippen LogP contribution is -2.32. The Bertz CT molecular complexity index is 1110. The molecule has 31 heavy (non-hydrogen) atoms. The topological polar surface area (TPSA) is 58.6 Å². The summed E-state index contributed by atoms with van der Waals surface area (Å²) in [6, 6.07) is 18.7. The fourth-order valence-corrected chi connectivity index (χ4v) is 4.25. The van der Waals surface area contributed by atoms with Crippen molar-refractivity contribution in [1.82, 2.24) is 0 Å². The number of amides is 2. The minimum atomic E-state index is -0.361. The van der Waals surface area contributed by atoms with Gasteiger partial charge in [0.1, 0.15) is 11.4 Å². The summed E-state index contributed by atoms with van der Waals surface area (Å²) in [6.45, 7) is 6.72. The average Bonchev–Trinajstić information content (AvgIpc) is 3.37. The number of ether oxygens (including phenoxy) is 1. The molecule has 1 aromatic heterocycles. The summed E-state index contributed by atoms with van der Waals surface area (Å²) < 4.78 is 5.48. The van der Waals surface area contributed by atoms with Crippen molar-refractivity contribution in [3.8, 4) is 5.75 Å². The Morgan fingerprint density at radius 1 is 0.968 bits per heavy atom. The summed E-state index contributed by atoms with van der Waals surface area (Å²) in [5.74, 6) is 0.440. The number of carbonyl (C=O) groups is 2. The molecule has 2 heterocycles. The Morgan fingerprint density at radius 2 is 1.68 bits per heavy atom. The summed E-state index contributed by atoms with van der Waals surface area (Å²) in [6.07, 6.45) is 0. The highest BCUT2D eigenvalue weighted by atomic mass is 32.1. The number of nitrogens with one attached hydrogen (secondary N) is 1. The van der Waals surface area contributed by atoms with Crippen molar-refractivity contribution in [3.63, 3.8) is 0 Å². The molecular weight excluding hydrogens is 408 g/mol. The van der Waals surface area contributed by atoms with Crippen molar-refractivity contribution in [2.45, 2.75) is 26.7 Å². The second-order valence-electron chi connectivity index (χ2n) is 7.50. The van der Waals surface area contributed by atoms with Gasteiger partial charge in [-0.25, -0.2) is 4.90 Å². The van der Waals surface area contributed by atoms with Gasteiger partial charge in [-0.3, -0.25) is 9.59 Å². The highest BCUT2D eigenvalue weighted by Crippen LogP contribution is 2.36. The number of nitrogens with zero attached hydrogens (tertiary/aromatic N) is 1. The van der Waals surface area contributed by atoms with Crippen molar-refractivity contribution in [3.05, 3.63) is 82.2 Å². The van der Waals surface area contributed by atoms with E-state index in [1.165, 1.54) is 16.2 Å². The quantitative estimate of drug-likeness (QED) is 0.489. The number of carbonyl (C=O) groups excluding carboxylic acids is 2. The molecule has 2 aromatic carbocycles. The first-order valence-electron chi connectivity index (χ1n) is 10.3. The molecule has 1 aliphatic heterocycles. The number of thiophene rings is 1. The minimum absolute atomic E-state index is 0.282. The van der Waals surface area contributed by atoms with Gasteiger partial charge in [0, 0.05) is 10.6 Å². The van der Waals surface area contributed by atoms with Crippen molar-refractivity contribution in [2.24, 2.45) is 0 Å². The van der Waals surface area contributed by atoms with Gasteiger partial charge in [-0.1, -0.05) is 32.0 Å². The van der Waals surface area contributed by atoms with E-state index in [4.69, 9.17) is 4.74 Å². The maximum absolute atomic E-state index is 13.4. The number of hydrogen-bond donors (Lipinski definition) is 1. The van der Waals surface area contributed by atoms with Gasteiger partial charge in [-0.05, 0) is 66.2 Å². The molecule has 0 saturated heterocycles. The van der Waals surface area contributed by atoms with Crippen molar-refractivity contribution >= 4 is 40.1 Å². The van der Waals surface area contributed by atoms with Crippen LogP contribution in [-0.2, 0) is 9.59 Å². The van der Waals surface area contributed by atoms with Crippen LogP contribution in [0.4, 0.5) is 11.4 Å². The Kier molecular flexibility index (Phi) is 5.91. The lowest BCUT2D eigenvalue weighted by Gasteiger charge is -2.16. The zero-order chi connectivity index (χ0) is 22.0. The SMILES string of the molecule is CCOc1ccc(NC2=C(c3cccs3)C(=O)N(c3ccc(C(C)C)cc3)C2=O)cc1. The van der Waals surface area contributed by atoms with Crippen LogP contribution in [0.3, 0.4) is 0 Å². The van der Waals surface area contributed by atoms with Crippen LogP contribution in [0.2, 0.25) is 0 Å². The maximum atomic E-state index is 13.4. The fourth-order valence-electron chi connectivity index (χ4n) is 3.48. The van der Waals surface area contributed by atoms with E-state index in [9.17, 15) is 9.59 Å². The third-order valence-electron chi connectivity index (χ3n) is 5.10. The highest BCUT2D eigenvalue weighted by Gasteiger charge is 2.40. The third-order valence-corrected chi connectivity index (χ3v) is 5.99. The van der Waals surface area contributed by atoms with Gasteiger partial charge in [-0.15, -0.1) is 11.3 Å². The van der Waals surface area contributed by atoms with E-state index in [0.29, 0.717) is 29.5 Å². The second kappa shape index (κ2) is 8.78. The molecule has 0 bridgehead atoms. The van der Waals surface area contributed by atoms with Crippen LogP contribution in [0.1, 0.15) is 37.1 Å². The Hall–Kier alpha value is -3.38. The molecule has 0 radical (unpaired) electrons. The number of benzene rings is 2. The molecule has 5 nitrogen and oxygen atoms in total. The van der Waals surface area contributed by atoms with E-state index in [1.807, 2.05) is 73.0 Å². The molecular formula is C25H24N2O3S. The van der Waals surface area contributed by atoms with Crippen LogP contribution < -0.4 is 15.0 Å². The zero-order valence-electron chi connectivity index (χ0n) is 17.7. The van der Waals surface area contributed by atoms with E-state index in [1.54, 1.807) is 0 Å². The standard InChI is InChI=1S/C25H24N2O3S/c1-4-30-20-13-9-18(10-14-20)26-23-22(21-6-5-15-31-21)24(28)27(25(23)29)19-11-7-17(8-12-19)16(2)3/h5-16,26H,4H2,1-3H3.